The highest BCUT2D eigenvalue weighted by atomic mass is 16.5. The van der Waals surface area contributed by atoms with E-state index in [-0.39, 0.29) is 0 Å². The van der Waals surface area contributed by atoms with Crippen LogP contribution in [-0.4, -0.2) is 77.1 Å². The van der Waals surface area contributed by atoms with Crippen molar-refractivity contribution in [3.05, 3.63) is 0 Å². The summed E-state index contributed by atoms with van der Waals surface area (Å²) in [6.45, 7) is 8.14. The molecule has 6 heteroatoms. The number of guanidine groups is 1. The average Bonchev–Trinajstić information content (AvgIpc) is 3.25. The lowest BCUT2D eigenvalue weighted by Gasteiger charge is -2.23. The van der Waals surface area contributed by atoms with Gasteiger partial charge in [0.1, 0.15) is 0 Å². The molecule has 2 fully saturated rings. The van der Waals surface area contributed by atoms with E-state index in [0.29, 0.717) is 12.0 Å². The summed E-state index contributed by atoms with van der Waals surface area (Å²) in [6.07, 6.45) is 4.85. The van der Waals surface area contributed by atoms with Gasteiger partial charge in [0, 0.05) is 38.3 Å². The number of rotatable bonds is 11. The zero-order valence-corrected chi connectivity index (χ0v) is 15.7. The number of hydrogen-bond donors (Lipinski definition) is 2. The van der Waals surface area contributed by atoms with Gasteiger partial charge in [0.2, 0.25) is 0 Å². The molecule has 2 aliphatic rings. The minimum Gasteiger partial charge on any atom is -0.381 e. The third-order valence-electron chi connectivity index (χ3n) is 4.75. The summed E-state index contributed by atoms with van der Waals surface area (Å²) in [4.78, 5) is 7.08. The molecule has 1 aliphatic carbocycles. The molecule has 24 heavy (non-hydrogen) atoms. The monoisotopic (exact) mass is 340 g/mol. The first kappa shape index (κ1) is 19.5. The van der Waals surface area contributed by atoms with Crippen molar-refractivity contribution in [2.75, 3.05) is 60.2 Å². The molecule has 2 N–H and O–H groups in total. The van der Waals surface area contributed by atoms with E-state index in [4.69, 9.17) is 14.5 Å². The Bertz CT molecular complexity index is 364. The third kappa shape index (κ3) is 7.36. The molecule has 2 rings (SSSR count). The van der Waals surface area contributed by atoms with Crippen molar-refractivity contribution in [2.24, 2.45) is 16.8 Å². The van der Waals surface area contributed by atoms with Gasteiger partial charge in [-0.05, 0) is 52.6 Å². The Morgan fingerprint density at radius 3 is 2.75 bits per heavy atom. The zero-order valence-electron chi connectivity index (χ0n) is 15.7. The van der Waals surface area contributed by atoms with Crippen LogP contribution in [0.2, 0.25) is 0 Å². The fraction of sp³-hybridized carbons (Fsp3) is 0.944. The van der Waals surface area contributed by atoms with Crippen molar-refractivity contribution < 1.29 is 9.47 Å². The van der Waals surface area contributed by atoms with Gasteiger partial charge in [-0.1, -0.05) is 0 Å². The second-order valence-electron chi connectivity index (χ2n) is 7.17. The lowest BCUT2D eigenvalue weighted by Crippen LogP contribution is -2.40. The van der Waals surface area contributed by atoms with E-state index >= 15 is 0 Å². The minimum absolute atomic E-state index is 0.567. The summed E-state index contributed by atoms with van der Waals surface area (Å²) in [5.74, 6) is 2.36. The molecule has 0 amide bonds. The predicted octanol–water partition coefficient (Wildman–Crippen LogP) is 1.32. The van der Waals surface area contributed by atoms with E-state index in [1.54, 1.807) is 0 Å². The smallest absolute Gasteiger partial charge is 0.191 e. The lowest BCUT2D eigenvalue weighted by molar-refractivity contribution is 0.0888. The van der Waals surface area contributed by atoms with E-state index in [1.165, 1.54) is 12.8 Å². The van der Waals surface area contributed by atoms with Crippen LogP contribution in [0.1, 0.15) is 32.6 Å². The van der Waals surface area contributed by atoms with Crippen LogP contribution in [0.5, 0.6) is 0 Å². The van der Waals surface area contributed by atoms with Crippen molar-refractivity contribution in [3.63, 3.8) is 0 Å². The van der Waals surface area contributed by atoms with E-state index in [1.807, 2.05) is 0 Å². The number of aliphatic imine (C=N–C) groups is 1. The van der Waals surface area contributed by atoms with Crippen molar-refractivity contribution in [1.29, 1.82) is 0 Å². The van der Waals surface area contributed by atoms with Crippen LogP contribution in [0.4, 0.5) is 0 Å². The summed E-state index contributed by atoms with van der Waals surface area (Å²) in [6, 6.07) is 0.567. The van der Waals surface area contributed by atoms with Crippen LogP contribution >= 0.6 is 0 Å². The quantitative estimate of drug-likeness (QED) is 0.338. The first-order chi connectivity index (χ1) is 11.7. The Balaban J connectivity index is 1.59. The third-order valence-corrected chi connectivity index (χ3v) is 4.75. The van der Waals surface area contributed by atoms with Crippen LogP contribution < -0.4 is 10.6 Å². The summed E-state index contributed by atoms with van der Waals surface area (Å²) < 4.78 is 11.1. The fourth-order valence-corrected chi connectivity index (χ4v) is 3.09. The highest BCUT2D eigenvalue weighted by Crippen LogP contribution is 2.34. The van der Waals surface area contributed by atoms with Crippen molar-refractivity contribution >= 4 is 5.96 Å². The van der Waals surface area contributed by atoms with Gasteiger partial charge in [0.05, 0.1) is 19.8 Å². The maximum Gasteiger partial charge on any atom is 0.191 e. The molecule has 1 aliphatic heterocycles. The molecule has 140 valence electrons. The predicted molar refractivity (Wildman–Crippen MR) is 98.5 cm³/mol. The van der Waals surface area contributed by atoms with Crippen LogP contribution in [0.3, 0.4) is 0 Å². The fourth-order valence-electron chi connectivity index (χ4n) is 3.09. The second kappa shape index (κ2) is 10.9. The lowest BCUT2D eigenvalue weighted by atomic mass is 10.1. The van der Waals surface area contributed by atoms with Crippen molar-refractivity contribution in [3.8, 4) is 0 Å². The van der Waals surface area contributed by atoms with Gasteiger partial charge in [-0.15, -0.1) is 0 Å². The normalized spacial score (nSPS) is 22.8. The molecule has 0 radical (unpaired) electrons. The SMILES string of the molecule is CCNC(=NCC(C1CC1)N(C)C)NCCCOCC1CCOC1. The summed E-state index contributed by atoms with van der Waals surface area (Å²) >= 11 is 0. The molecule has 6 nitrogen and oxygen atoms in total. The number of hydrogen-bond acceptors (Lipinski definition) is 4. The molecule has 0 aromatic rings. The molecule has 1 heterocycles. The molecule has 0 spiro atoms. The van der Waals surface area contributed by atoms with Gasteiger partial charge in [-0.2, -0.15) is 0 Å². The van der Waals surface area contributed by atoms with E-state index < -0.39 is 0 Å². The van der Waals surface area contributed by atoms with Gasteiger partial charge < -0.3 is 25.0 Å². The number of likely N-dealkylation sites (N-methyl/N-ethyl adjacent to an activating group) is 1. The van der Waals surface area contributed by atoms with Crippen molar-refractivity contribution in [1.82, 2.24) is 15.5 Å². The van der Waals surface area contributed by atoms with Crippen LogP contribution in [0.15, 0.2) is 4.99 Å². The Morgan fingerprint density at radius 2 is 2.12 bits per heavy atom. The summed E-state index contributed by atoms with van der Waals surface area (Å²) in [5, 5.41) is 6.75. The minimum atomic E-state index is 0.567. The maximum atomic E-state index is 5.74. The molecule has 1 saturated heterocycles. The highest BCUT2D eigenvalue weighted by molar-refractivity contribution is 5.79. The standard InChI is InChI=1S/C18H36N4O2/c1-4-19-18(21-12-17(22(2)3)16-6-7-16)20-9-5-10-23-13-15-8-11-24-14-15/h15-17H,4-14H2,1-3H3,(H2,19,20,21). The highest BCUT2D eigenvalue weighted by Gasteiger charge is 2.32. The molecule has 0 aromatic heterocycles. The Morgan fingerprint density at radius 1 is 1.29 bits per heavy atom. The topological polar surface area (TPSA) is 58.1 Å². The van der Waals surface area contributed by atoms with Crippen LogP contribution in [-0.2, 0) is 9.47 Å². The van der Waals surface area contributed by atoms with Gasteiger partial charge in [-0.25, -0.2) is 0 Å². The molecule has 2 unspecified atom stereocenters. The molecule has 0 bridgehead atoms. The largest absolute Gasteiger partial charge is 0.381 e. The molecular formula is C18H36N4O2. The van der Waals surface area contributed by atoms with Gasteiger partial charge in [0.25, 0.3) is 0 Å². The first-order valence-electron chi connectivity index (χ1n) is 9.54. The number of ether oxygens (including phenoxy) is 2. The van der Waals surface area contributed by atoms with Gasteiger partial charge in [-0.3, -0.25) is 4.99 Å². The van der Waals surface area contributed by atoms with E-state index in [9.17, 15) is 0 Å². The first-order valence-corrected chi connectivity index (χ1v) is 9.54. The Labute approximate surface area is 147 Å². The van der Waals surface area contributed by atoms with Crippen LogP contribution in [0, 0.1) is 11.8 Å². The number of nitrogens with zero attached hydrogens (tertiary/aromatic N) is 2. The van der Waals surface area contributed by atoms with Gasteiger partial charge in [0.15, 0.2) is 5.96 Å². The maximum absolute atomic E-state index is 5.74. The molecule has 1 saturated carbocycles. The van der Waals surface area contributed by atoms with Crippen molar-refractivity contribution in [2.45, 2.75) is 38.6 Å². The molecular weight excluding hydrogens is 304 g/mol. The number of nitrogens with one attached hydrogen (secondary N) is 2. The van der Waals surface area contributed by atoms with Gasteiger partial charge >= 0.3 is 0 Å². The Kier molecular flexibility index (Phi) is 8.84. The van der Waals surface area contributed by atoms with Crippen LogP contribution in [0.25, 0.3) is 0 Å². The zero-order chi connectivity index (χ0) is 17.2. The molecule has 2 atom stereocenters. The molecule has 0 aromatic carbocycles. The summed E-state index contributed by atoms with van der Waals surface area (Å²) in [7, 11) is 4.32. The van der Waals surface area contributed by atoms with E-state index in [2.05, 4.69) is 36.6 Å². The Hall–Kier alpha value is -0.850. The average molecular weight is 341 g/mol. The second-order valence-corrected chi connectivity index (χ2v) is 7.17. The van der Waals surface area contributed by atoms with E-state index in [0.717, 1.165) is 70.8 Å². The summed E-state index contributed by atoms with van der Waals surface area (Å²) in [5.41, 5.74) is 0.